The molecule has 72 valence electrons. The quantitative estimate of drug-likeness (QED) is 0.445. The van der Waals surface area contributed by atoms with Crippen molar-refractivity contribution in [1.82, 2.24) is 5.32 Å². The van der Waals surface area contributed by atoms with Crippen LogP contribution in [-0.2, 0) is 9.59 Å². The molecule has 1 saturated heterocycles. The number of amides is 2. The highest BCUT2D eigenvalue weighted by atomic mass is 16.2. The monoisotopic (exact) mass is 189 g/mol. The maximum atomic E-state index is 11.6. The van der Waals surface area contributed by atoms with Crippen molar-refractivity contribution >= 4 is 11.8 Å². The Kier molecular flexibility index (Phi) is 0.932. The van der Waals surface area contributed by atoms with Crippen LogP contribution in [0.1, 0.15) is 12.8 Å². The first-order valence-corrected chi connectivity index (χ1v) is 5.27. The number of hydrogen-bond donors (Lipinski definition) is 1. The number of allylic oxidation sites excluding steroid dienone is 2. The van der Waals surface area contributed by atoms with Crippen molar-refractivity contribution in [3.05, 3.63) is 12.2 Å². The Morgan fingerprint density at radius 1 is 1.07 bits per heavy atom. The SMILES string of the molecule is O=C1NC(=O)[C@@H]2[C@@H]1[C@H]1C=C[C@H]2C12CC2. The van der Waals surface area contributed by atoms with Gasteiger partial charge in [-0.3, -0.25) is 14.9 Å². The Balaban J connectivity index is 1.89. The van der Waals surface area contributed by atoms with Gasteiger partial charge in [0.25, 0.3) is 0 Å². The lowest BCUT2D eigenvalue weighted by atomic mass is 9.85. The van der Waals surface area contributed by atoms with E-state index in [2.05, 4.69) is 17.5 Å². The van der Waals surface area contributed by atoms with Crippen molar-refractivity contribution in [2.45, 2.75) is 12.8 Å². The average Bonchev–Trinajstić information content (AvgIpc) is 2.72. The lowest BCUT2D eigenvalue weighted by Gasteiger charge is -2.15. The maximum absolute atomic E-state index is 11.6. The minimum Gasteiger partial charge on any atom is -0.296 e. The fourth-order valence-corrected chi connectivity index (χ4v) is 4.00. The molecule has 3 fully saturated rings. The average molecular weight is 189 g/mol. The molecule has 1 aliphatic heterocycles. The van der Waals surface area contributed by atoms with Crippen molar-refractivity contribution in [2.24, 2.45) is 29.1 Å². The van der Waals surface area contributed by atoms with E-state index in [1.165, 1.54) is 12.8 Å². The Morgan fingerprint density at radius 3 is 2.00 bits per heavy atom. The van der Waals surface area contributed by atoms with Crippen LogP contribution in [0.3, 0.4) is 0 Å². The zero-order valence-corrected chi connectivity index (χ0v) is 7.69. The third kappa shape index (κ3) is 0.527. The molecular weight excluding hydrogens is 178 g/mol. The first kappa shape index (κ1) is 7.21. The standard InChI is InChI=1S/C11H11NO2/c13-9-7-5-1-2-6(11(5)3-4-11)8(7)10(14)12-9/h1-2,5-8H,3-4H2,(H,12,13,14)/t5-,6-,7+,8+/m1/s1. The van der Waals surface area contributed by atoms with Crippen LogP contribution in [0.2, 0.25) is 0 Å². The van der Waals surface area contributed by atoms with Crippen LogP contribution in [0.4, 0.5) is 0 Å². The van der Waals surface area contributed by atoms with Crippen molar-refractivity contribution in [3.8, 4) is 0 Å². The van der Waals surface area contributed by atoms with Crippen LogP contribution in [0.15, 0.2) is 12.2 Å². The largest absolute Gasteiger partial charge is 0.296 e. The van der Waals surface area contributed by atoms with E-state index in [-0.39, 0.29) is 23.7 Å². The summed E-state index contributed by atoms with van der Waals surface area (Å²) in [7, 11) is 0. The summed E-state index contributed by atoms with van der Waals surface area (Å²) >= 11 is 0. The van der Waals surface area contributed by atoms with E-state index in [1.807, 2.05) is 0 Å². The zero-order chi connectivity index (χ0) is 9.50. The highest BCUT2D eigenvalue weighted by Crippen LogP contribution is 2.72. The zero-order valence-electron chi connectivity index (χ0n) is 7.69. The summed E-state index contributed by atoms with van der Waals surface area (Å²) in [6.45, 7) is 0. The second kappa shape index (κ2) is 1.81. The van der Waals surface area contributed by atoms with Gasteiger partial charge in [-0.15, -0.1) is 0 Å². The van der Waals surface area contributed by atoms with Crippen molar-refractivity contribution in [2.75, 3.05) is 0 Å². The first-order chi connectivity index (χ1) is 6.74. The summed E-state index contributed by atoms with van der Waals surface area (Å²) < 4.78 is 0. The molecule has 4 rings (SSSR count). The van der Waals surface area contributed by atoms with Gasteiger partial charge < -0.3 is 0 Å². The summed E-state index contributed by atoms with van der Waals surface area (Å²) in [5.74, 6) is 0.624. The van der Waals surface area contributed by atoms with Gasteiger partial charge in [-0.05, 0) is 30.1 Å². The normalized spacial score (nSPS) is 50.0. The van der Waals surface area contributed by atoms with Crippen LogP contribution in [-0.4, -0.2) is 11.8 Å². The molecule has 0 unspecified atom stereocenters. The Morgan fingerprint density at radius 2 is 1.57 bits per heavy atom. The van der Waals surface area contributed by atoms with Gasteiger partial charge in [-0.2, -0.15) is 0 Å². The second-order valence-corrected chi connectivity index (χ2v) is 5.07. The number of rotatable bonds is 0. The summed E-state index contributed by atoms with van der Waals surface area (Å²) in [5, 5.41) is 2.47. The van der Waals surface area contributed by atoms with E-state index in [0.717, 1.165) is 0 Å². The summed E-state index contributed by atoms with van der Waals surface area (Å²) in [4.78, 5) is 23.2. The number of hydrogen-bond acceptors (Lipinski definition) is 2. The smallest absolute Gasteiger partial charge is 0.231 e. The molecule has 0 radical (unpaired) electrons. The van der Waals surface area contributed by atoms with Crippen LogP contribution < -0.4 is 5.32 Å². The predicted molar refractivity (Wildman–Crippen MR) is 47.9 cm³/mol. The van der Waals surface area contributed by atoms with E-state index < -0.39 is 0 Å². The lowest BCUT2D eigenvalue weighted by molar-refractivity contribution is -0.127. The molecule has 4 atom stereocenters. The third-order valence-corrected chi connectivity index (χ3v) is 4.69. The molecule has 0 aromatic carbocycles. The van der Waals surface area contributed by atoms with Gasteiger partial charge in [0.2, 0.25) is 11.8 Å². The van der Waals surface area contributed by atoms with Gasteiger partial charge in [0, 0.05) is 0 Å². The molecule has 1 N–H and O–H groups in total. The molecule has 2 saturated carbocycles. The number of carbonyl (C=O) groups excluding carboxylic acids is 2. The maximum Gasteiger partial charge on any atom is 0.231 e. The Bertz CT molecular complexity index is 362. The van der Waals surface area contributed by atoms with Gasteiger partial charge in [0.05, 0.1) is 11.8 Å². The number of imide groups is 1. The molecule has 0 aromatic rings. The van der Waals surface area contributed by atoms with Crippen LogP contribution in [0.5, 0.6) is 0 Å². The molecular formula is C11H11NO2. The minimum absolute atomic E-state index is 0.0249. The molecule has 0 aromatic heterocycles. The van der Waals surface area contributed by atoms with Crippen molar-refractivity contribution < 1.29 is 9.59 Å². The highest BCUT2D eigenvalue weighted by molar-refractivity contribution is 6.06. The predicted octanol–water partition coefficient (Wildman–Crippen LogP) is 0.471. The summed E-state index contributed by atoms with van der Waals surface area (Å²) in [6.07, 6.45) is 6.78. The Labute approximate surface area is 81.5 Å². The molecule has 14 heavy (non-hydrogen) atoms. The summed E-state index contributed by atoms with van der Waals surface area (Å²) in [6, 6.07) is 0. The highest BCUT2D eigenvalue weighted by Gasteiger charge is 2.71. The lowest BCUT2D eigenvalue weighted by Crippen LogP contribution is -2.28. The van der Waals surface area contributed by atoms with Gasteiger partial charge in [-0.1, -0.05) is 12.2 Å². The fourth-order valence-electron chi connectivity index (χ4n) is 4.00. The van der Waals surface area contributed by atoms with Crippen molar-refractivity contribution in [3.63, 3.8) is 0 Å². The third-order valence-electron chi connectivity index (χ3n) is 4.69. The number of nitrogens with one attached hydrogen (secondary N) is 1. The summed E-state index contributed by atoms with van der Waals surface area (Å²) in [5.41, 5.74) is 0.336. The van der Waals surface area contributed by atoms with Crippen molar-refractivity contribution in [1.29, 1.82) is 0 Å². The van der Waals surface area contributed by atoms with Gasteiger partial charge in [0.1, 0.15) is 0 Å². The van der Waals surface area contributed by atoms with Gasteiger partial charge in [0.15, 0.2) is 0 Å². The van der Waals surface area contributed by atoms with E-state index in [0.29, 0.717) is 17.3 Å². The number of carbonyl (C=O) groups is 2. The first-order valence-electron chi connectivity index (χ1n) is 5.27. The van der Waals surface area contributed by atoms with Crippen LogP contribution >= 0.6 is 0 Å². The fraction of sp³-hybridized carbons (Fsp3) is 0.636. The molecule has 3 heteroatoms. The molecule has 2 amide bonds. The second-order valence-electron chi connectivity index (χ2n) is 5.07. The van der Waals surface area contributed by atoms with E-state index in [4.69, 9.17) is 0 Å². The molecule has 3 aliphatic carbocycles. The molecule has 1 spiro atoms. The van der Waals surface area contributed by atoms with E-state index in [9.17, 15) is 9.59 Å². The van der Waals surface area contributed by atoms with Gasteiger partial charge in [-0.25, -0.2) is 0 Å². The topological polar surface area (TPSA) is 46.2 Å². The van der Waals surface area contributed by atoms with Crippen LogP contribution in [0.25, 0.3) is 0 Å². The molecule has 3 nitrogen and oxygen atoms in total. The van der Waals surface area contributed by atoms with E-state index >= 15 is 0 Å². The minimum atomic E-state index is -0.0278. The number of fused-ring (bicyclic) bond motifs is 3. The van der Waals surface area contributed by atoms with E-state index in [1.54, 1.807) is 0 Å². The Hall–Kier alpha value is -1.12. The van der Waals surface area contributed by atoms with Gasteiger partial charge >= 0.3 is 0 Å². The van der Waals surface area contributed by atoms with Crippen LogP contribution in [0, 0.1) is 29.1 Å². The molecule has 1 heterocycles. The molecule has 4 aliphatic rings. The molecule has 2 bridgehead atoms.